The first-order valence-corrected chi connectivity index (χ1v) is 8.97. The van der Waals surface area contributed by atoms with Crippen molar-refractivity contribution in [3.05, 3.63) is 92.7 Å². The Labute approximate surface area is 154 Å². The number of carbonyl (C=O) groups is 1. The summed E-state index contributed by atoms with van der Waals surface area (Å²) in [4.78, 5) is 23.6. The number of nitrogens with one attached hydrogen (secondary N) is 1. The molecule has 0 saturated heterocycles. The van der Waals surface area contributed by atoms with Gasteiger partial charge in [0.05, 0.1) is 9.80 Å². The molecule has 132 valence electrons. The van der Waals surface area contributed by atoms with Crippen molar-refractivity contribution in [1.82, 2.24) is 0 Å². The highest BCUT2D eigenvalue weighted by Gasteiger charge is 2.19. The fraction of sp³-hybridized carbons (Fsp3) is 0.105. The van der Waals surface area contributed by atoms with Crippen LogP contribution in [0.15, 0.2) is 72.1 Å². The quantitative estimate of drug-likeness (QED) is 0.496. The second-order valence-electron chi connectivity index (χ2n) is 5.70. The van der Waals surface area contributed by atoms with Crippen LogP contribution in [0.5, 0.6) is 0 Å². The van der Waals surface area contributed by atoms with Crippen molar-refractivity contribution in [2.45, 2.75) is 6.04 Å². The first-order valence-electron chi connectivity index (χ1n) is 8.09. The van der Waals surface area contributed by atoms with Gasteiger partial charge in [-0.05, 0) is 23.6 Å². The molecule has 26 heavy (non-hydrogen) atoms. The van der Waals surface area contributed by atoms with Gasteiger partial charge in [-0.2, -0.15) is 0 Å². The number of anilines is 1. The molecule has 1 aromatic heterocycles. The van der Waals surface area contributed by atoms with Gasteiger partial charge in [0.2, 0.25) is 0 Å². The van der Waals surface area contributed by atoms with Crippen LogP contribution in [-0.2, 0) is 4.79 Å². The van der Waals surface area contributed by atoms with Crippen LogP contribution >= 0.6 is 11.3 Å². The van der Waals surface area contributed by atoms with Gasteiger partial charge in [-0.3, -0.25) is 14.9 Å². The lowest BCUT2D eigenvalue weighted by molar-refractivity contribution is -0.675. The Morgan fingerprint density at radius 3 is 2.42 bits per heavy atom. The van der Waals surface area contributed by atoms with E-state index in [1.54, 1.807) is 11.3 Å². The third kappa shape index (κ3) is 4.53. The predicted octanol–water partition coefficient (Wildman–Crippen LogP) is 2.95. The van der Waals surface area contributed by atoms with E-state index in [0.29, 0.717) is 5.69 Å². The fourth-order valence-electron chi connectivity index (χ4n) is 2.65. The maximum Gasteiger partial charge on any atom is 0.279 e. The molecular formula is C19H18N3O3S+. The number of hydrogen-bond acceptors (Lipinski definition) is 4. The molecule has 0 aliphatic heterocycles. The van der Waals surface area contributed by atoms with Crippen molar-refractivity contribution in [1.29, 1.82) is 0 Å². The molecule has 2 aromatic carbocycles. The predicted molar refractivity (Wildman–Crippen MR) is 101 cm³/mol. The summed E-state index contributed by atoms with van der Waals surface area (Å²) in [5, 5.41) is 17.5. The van der Waals surface area contributed by atoms with Crippen LogP contribution in [0.1, 0.15) is 16.5 Å². The van der Waals surface area contributed by atoms with E-state index in [1.165, 1.54) is 29.1 Å². The van der Waals surface area contributed by atoms with Crippen molar-refractivity contribution in [2.24, 2.45) is 0 Å². The van der Waals surface area contributed by atoms with Gasteiger partial charge in [-0.15, -0.1) is 11.3 Å². The van der Waals surface area contributed by atoms with E-state index >= 15 is 0 Å². The molecule has 0 aliphatic carbocycles. The number of benzene rings is 2. The van der Waals surface area contributed by atoms with E-state index in [2.05, 4.69) is 23.5 Å². The summed E-state index contributed by atoms with van der Waals surface area (Å²) in [5.41, 5.74) is 1.68. The highest BCUT2D eigenvalue weighted by Crippen LogP contribution is 2.22. The zero-order valence-electron chi connectivity index (χ0n) is 13.9. The second-order valence-corrected chi connectivity index (χ2v) is 6.68. The van der Waals surface area contributed by atoms with E-state index in [0.717, 1.165) is 5.56 Å². The summed E-state index contributed by atoms with van der Waals surface area (Å²) >= 11 is 1.66. The third-order valence-corrected chi connectivity index (χ3v) is 4.86. The summed E-state index contributed by atoms with van der Waals surface area (Å²) in [6.45, 7) is 0.244. The lowest BCUT2D eigenvalue weighted by Gasteiger charge is -2.14. The van der Waals surface area contributed by atoms with Crippen LogP contribution < -0.4 is 10.6 Å². The Kier molecular flexibility index (Phi) is 5.73. The van der Waals surface area contributed by atoms with Gasteiger partial charge in [0.15, 0.2) is 6.54 Å². The normalized spacial score (nSPS) is 11.7. The molecule has 0 aliphatic rings. The van der Waals surface area contributed by atoms with Crippen LogP contribution in [0.25, 0.3) is 0 Å². The van der Waals surface area contributed by atoms with Gasteiger partial charge in [-0.1, -0.05) is 36.4 Å². The Bertz CT molecular complexity index is 865. The van der Waals surface area contributed by atoms with Crippen LogP contribution in [0.3, 0.4) is 0 Å². The molecule has 0 unspecified atom stereocenters. The first kappa shape index (κ1) is 17.8. The van der Waals surface area contributed by atoms with E-state index in [9.17, 15) is 14.9 Å². The summed E-state index contributed by atoms with van der Waals surface area (Å²) < 4.78 is 0. The van der Waals surface area contributed by atoms with Gasteiger partial charge in [0.25, 0.3) is 11.6 Å². The highest BCUT2D eigenvalue weighted by molar-refractivity contribution is 7.10. The molecule has 3 N–H and O–H groups in total. The number of nitro benzene ring substituents is 1. The SMILES string of the molecule is O=C(C[NH2+][C@@H](c1ccccc1)c1cccs1)Nc1ccc([N+](=O)[O-])cc1. The fourth-order valence-corrected chi connectivity index (χ4v) is 3.50. The molecule has 7 heteroatoms. The number of thiophene rings is 1. The van der Waals surface area contributed by atoms with Crippen LogP contribution in [0.4, 0.5) is 11.4 Å². The van der Waals surface area contributed by atoms with Gasteiger partial charge < -0.3 is 10.6 Å². The van der Waals surface area contributed by atoms with Crippen LogP contribution in [0.2, 0.25) is 0 Å². The molecule has 6 nitrogen and oxygen atoms in total. The maximum absolute atomic E-state index is 12.3. The topological polar surface area (TPSA) is 88.8 Å². The van der Waals surface area contributed by atoms with Crippen LogP contribution in [0, 0.1) is 10.1 Å². The summed E-state index contributed by atoms with van der Waals surface area (Å²) in [7, 11) is 0. The van der Waals surface area contributed by atoms with Gasteiger partial charge in [0, 0.05) is 23.4 Å². The van der Waals surface area contributed by atoms with Gasteiger partial charge in [-0.25, -0.2) is 0 Å². The summed E-state index contributed by atoms with van der Waals surface area (Å²) in [6.07, 6.45) is 0. The molecule has 1 amide bonds. The number of rotatable bonds is 7. The van der Waals surface area contributed by atoms with E-state index in [1.807, 2.05) is 35.0 Å². The van der Waals surface area contributed by atoms with E-state index < -0.39 is 4.92 Å². The molecule has 1 atom stereocenters. The Hall–Kier alpha value is -3.03. The standard InChI is InChI=1S/C19H17N3O3S/c23-18(21-15-8-10-16(11-9-15)22(24)25)13-20-19(17-7-4-12-26-17)14-5-2-1-3-6-14/h1-12,19-20H,13H2,(H,21,23)/p+1/t19-/m0/s1. The smallest absolute Gasteiger partial charge is 0.279 e. The van der Waals surface area contributed by atoms with Crippen molar-refractivity contribution in [2.75, 3.05) is 11.9 Å². The lowest BCUT2D eigenvalue weighted by atomic mass is 10.1. The third-order valence-electron chi connectivity index (χ3n) is 3.91. The number of carbonyl (C=O) groups excluding carboxylic acids is 1. The minimum atomic E-state index is -0.467. The molecule has 0 spiro atoms. The highest BCUT2D eigenvalue weighted by atomic mass is 32.1. The zero-order chi connectivity index (χ0) is 18.4. The molecule has 0 bridgehead atoms. The largest absolute Gasteiger partial charge is 0.328 e. The van der Waals surface area contributed by atoms with Gasteiger partial charge >= 0.3 is 0 Å². The van der Waals surface area contributed by atoms with Crippen molar-refractivity contribution >= 4 is 28.6 Å². The Morgan fingerprint density at radius 1 is 1.08 bits per heavy atom. The molecule has 0 fully saturated rings. The average Bonchev–Trinajstić information content (AvgIpc) is 3.17. The van der Waals surface area contributed by atoms with E-state index in [4.69, 9.17) is 0 Å². The first-order chi connectivity index (χ1) is 12.6. The number of nitrogens with zero attached hydrogens (tertiary/aromatic N) is 1. The summed E-state index contributed by atoms with van der Waals surface area (Å²) in [6, 6.07) is 20.0. The van der Waals surface area contributed by atoms with Crippen LogP contribution in [-0.4, -0.2) is 17.4 Å². The summed E-state index contributed by atoms with van der Waals surface area (Å²) in [5.74, 6) is -0.156. The number of non-ortho nitro benzene ring substituents is 1. The number of nitro groups is 1. The Morgan fingerprint density at radius 2 is 1.81 bits per heavy atom. The number of nitrogens with two attached hydrogens (primary N) is 1. The van der Waals surface area contributed by atoms with Gasteiger partial charge in [0.1, 0.15) is 6.04 Å². The lowest BCUT2D eigenvalue weighted by Crippen LogP contribution is -2.87. The monoisotopic (exact) mass is 368 g/mol. The second kappa shape index (κ2) is 8.37. The zero-order valence-corrected chi connectivity index (χ0v) is 14.7. The maximum atomic E-state index is 12.3. The molecular weight excluding hydrogens is 350 g/mol. The number of amides is 1. The molecule has 3 aromatic rings. The van der Waals surface area contributed by atoms with Crippen molar-refractivity contribution < 1.29 is 15.0 Å². The van der Waals surface area contributed by atoms with Crippen molar-refractivity contribution in [3.63, 3.8) is 0 Å². The minimum absolute atomic E-state index is 0.00333. The van der Waals surface area contributed by atoms with Crippen molar-refractivity contribution in [3.8, 4) is 0 Å². The molecule has 3 rings (SSSR count). The van der Waals surface area contributed by atoms with E-state index in [-0.39, 0.29) is 24.2 Å². The number of hydrogen-bond donors (Lipinski definition) is 2. The Balaban J connectivity index is 1.63. The molecule has 0 radical (unpaired) electrons. The minimum Gasteiger partial charge on any atom is -0.328 e. The molecule has 1 heterocycles. The molecule has 0 saturated carbocycles. The average molecular weight is 368 g/mol. The number of quaternary nitrogens is 1.